The topological polar surface area (TPSA) is 41.0 Å². The Morgan fingerprint density at radius 1 is 1.56 bits per heavy atom. The summed E-state index contributed by atoms with van der Waals surface area (Å²) in [5.74, 6) is 1.06. The third kappa shape index (κ3) is 2.70. The summed E-state index contributed by atoms with van der Waals surface area (Å²) in [7, 11) is 0. The fraction of sp³-hybridized carbons (Fsp3) is 0.667. The maximum absolute atomic E-state index is 4.33. The van der Waals surface area contributed by atoms with Gasteiger partial charge in [-0.05, 0) is 18.9 Å². The van der Waals surface area contributed by atoms with E-state index in [2.05, 4.69) is 34.0 Å². The molecule has 88 valence electrons. The standard InChI is InChI=1S/C12H20N4/c1-10(2)14-8-11-4-3-7-16(11)12-5-6-13-9-15-12/h5-6,9-11,14H,3-4,7-8H2,1-2H3. The van der Waals surface area contributed by atoms with Crippen molar-refractivity contribution in [2.75, 3.05) is 18.0 Å². The summed E-state index contributed by atoms with van der Waals surface area (Å²) in [5, 5.41) is 3.50. The zero-order valence-electron chi connectivity index (χ0n) is 10.1. The molecule has 16 heavy (non-hydrogen) atoms. The Morgan fingerprint density at radius 2 is 2.44 bits per heavy atom. The minimum absolute atomic E-state index is 0.549. The Hall–Kier alpha value is -1.16. The number of rotatable bonds is 4. The summed E-state index contributed by atoms with van der Waals surface area (Å²) in [6.07, 6.45) is 5.95. The van der Waals surface area contributed by atoms with Gasteiger partial charge in [0.05, 0.1) is 0 Å². The van der Waals surface area contributed by atoms with Crippen LogP contribution in [0, 0.1) is 0 Å². The van der Waals surface area contributed by atoms with Crippen molar-refractivity contribution in [2.45, 2.75) is 38.8 Å². The predicted octanol–water partition coefficient (Wildman–Crippen LogP) is 1.44. The average Bonchev–Trinajstić information content (AvgIpc) is 2.75. The molecule has 0 aromatic carbocycles. The molecule has 0 spiro atoms. The molecule has 2 rings (SSSR count). The van der Waals surface area contributed by atoms with E-state index in [1.807, 2.05) is 12.3 Å². The quantitative estimate of drug-likeness (QED) is 0.833. The summed E-state index contributed by atoms with van der Waals surface area (Å²) < 4.78 is 0. The van der Waals surface area contributed by atoms with Gasteiger partial charge in [0.2, 0.25) is 0 Å². The summed E-state index contributed by atoms with van der Waals surface area (Å²) in [6.45, 7) is 6.52. The molecule has 4 heteroatoms. The van der Waals surface area contributed by atoms with E-state index in [1.54, 1.807) is 6.33 Å². The monoisotopic (exact) mass is 220 g/mol. The van der Waals surface area contributed by atoms with Crippen LogP contribution in [0.5, 0.6) is 0 Å². The molecule has 1 atom stereocenters. The molecular weight excluding hydrogens is 200 g/mol. The van der Waals surface area contributed by atoms with Crippen molar-refractivity contribution in [3.63, 3.8) is 0 Å². The molecule has 1 aromatic rings. The number of nitrogens with one attached hydrogen (secondary N) is 1. The number of nitrogens with zero attached hydrogens (tertiary/aromatic N) is 3. The van der Waals surface area contributed by atoms with Gasteiger partial charge in [-0.2, -0.15) is 0 Å². The number of anilines is 1. The number of hydrogen-bond acceptors (Lipinski definition) is 4. The first-order chi connectivity index (χ1) is 7.77. The number of hydrogen-bond donors (Lipinski definition) is 1. The molecule has 1 unspecified atom stereocenters. The van der Waals surface area contributed by atoms with Crippen molar-refractivity contribution in [1.82, 2.24) is 15.3 Å². The van der Waals surface area contributed by atoms with Crippen molar-refractivity contribution < 1.29 is 0 Å². The first kappa shape index (κ1) is 11.3. The van der Waals surface area contributed by atoms with Gasteiger partial charge in [0.25, 0.3) is 0 Å². The highest BCUT2D eigenvalue weighted by molar-refractivity contribution is 5.39. The lowest BCUT2D eigenvalue weighted by Gasteiger charge is -2.26. The van der Waals surface area contributed by atoms with Crippen LogP contribution in [0.15, 0.2) is 18.6 Å². The summed E-state index contributed by atoms with van der Waals surface area (Å²) >= 11 is 0. The Kier molecular flexibility index (Phi) is 3.72. The van der Waals surface area contributed by atoms with Crippen LogP contribution in [0.4, 0.5) is 5.82 Å². The van der Waals surface area contributed by atoms with Crippen LogP contribution in [0.3, 0.4) is 0 Å². The second-order valence-corrected chi connectivity index (χ2v) is 4.62. The van der Waals surface area contributed by atoms with Crippen LogP contribution < -0.4 is 10.2 Å². The highest BCUT2D eigenvalue weighted by Gasteiger charge is 2.25. The zero-order chi connectivity index (χ0) is 11.4. The van der Waals surface area contributed by atoms with Crippen LogP contribution in [-0.2, 0) is 0 Å². The lowest BCUT2D eigenvalue weighted by molar-refractivity contribution is 0.522. The van der Waals surface area contributed by atoms with Gasteiger partial charge < -0.3 is 10.2 Å². The van der Waals surface area contributed by atoms with Crippen LogP contribution in [0.2, 0.25) is 0 Å². The maximum atomic E-state index is 4.33. The Labute approximate surface area is 97.1 Å². The molecule has 0 radical (unpaired) electrons. The van der Waals surface area contributed by atoms with E-state index < -0.39 is 0 Å². The van der Waals surface area contributed by atoms with E-state index in [1.165, 1.54) is 12.8 Å². The van der Waals surface area contributed by atoms with Crippen molar-refractivity contribution in [1.29, 1.82) is 0 Å². The molecule has 1 saturated heterocycles. The van der Waals surface area contributed by atoms with E-state index in [-0.39, 0.29) is 0 Å². The Bertz CT molecular complexity index is 312. The van der Waals surface area contributed by atoms with Crippen LogP contribution in [0.1, 0.15) is 26.7 Å². The molecule has 0 bridgehead atoms. The van der Waals surface area contributed by atoms with Gasteiger partial charge in [-0.1, -0.05) is 13.8 Å². The van der Waals surface area contributed by atoms with Gasteiger partial charge >= 0.3 is 0 Å². The zero-order valence-corrected chi connectivity index (χ0v) is 10.1. The van der Waals surface area contributed by atoms with E-state index in [0.717, 1.165) is 18.9 Å². The minimum atomic E-state index is 0.549. The van der Waals surface area contributed by atoms with Crippen LogP contribution in [-0.4, -0.2) is 35.1 Å². The molecule has 1 fully saturated rings. The second-order valence-electron chi connectivity index (χ2n) is 4.62. The first-order valence-corrected chi connectivity index (χ1v) is 6.03. The molecule has 2 heterocycles. The third-order valence-corrected chi connectivity index (χ3v) is 3.00. The van der Waals surface area contributed by atoms with Crippen LogP contribution >= 0.6 is 0 Å². The highest BCUT2D eigenvalue weighted by atomic mass is 15.2. The Morgan fingerprint density at radius 3 is 3.12 bits per heavy atom. The molecule has 1 aliphatic rings. The van der Waals surface area contributed by atoms with E-state index in [4.69, 9.17) is 0 Å². The van der Waals surface area contributed by atoms with Gasteiger partial charge in [-0.25, -0.2) is 9.97 Å². The van der Waals surface area contributed by atoms with Gasteiger partial charge in [0.15, 0.2) is 0 Å². The van der Waals surface area contributed by atoms with Gasteiger partial charge in [0.1, 0.15) is 12.1 Å². The van der Waals surface area contributed by atoms with E-state index >= 15 is 0 Å². The molecule has 0 saturated carbocycles. The smallest absolute Gasteiger partial charge is 0.132 e. The summed E-state index contributed by atoms with van der Waals surface area (Å²) in [6, 6.07) is 3.12. The van der Waals surface area contributed by atoms with E-state index in [0.29, 0.717) is 12.1 Å². The third-order valence-electron chi connectivity index (χ3n) is 3.00. The first-order valence-electron chi connectivity index (χ1n) is 6.03. The van der Waals surface area contributed by atoms with Gasteiger partial charge in [0, 0.05) is 31.4 Å². The number of aromatic nitrogens is 2. The average molecular weight is 220 g/mol. The SMILES string of the molecule is CC(C)NCC1CCCN1c1ccncn1. The van der Waals surface area contributed by atoms with Crippen molar-refractivity contribution in [2.24, 2.45) is 0 Å². The lowest BCUT2D eigenvalue weighted by Crippen LogP contribution is -2.40. The maximum Gasteiger partial charge on any atom is 0.132 e. The molecule has 1 N–H and O–H groups in total. The second kappa shape index (κ2) is 5.25. The van der Waals surface area contributed by atoms with Crippen LogP contribution in [0.25, 0.3) is 0 Å². The minimum Gasteiger partial charge on any atom is -0.352 e. The molecule has 4 nitrogen and oxygen atoms in total. The van der Waals surface area contributed by atoms with Gasteiger partial charge in [-0.15, -0.1) is 0 Å². The molecular formula is C12H20N4. The molecule has 0 aliphatic carbocycles. The van der Waals surface area contributed by atoms with Crippen molar-refractivity contribution >= 4 is 5.82 Å². The van der Waals surface area contributed by atoms with Crippen molar-refractivity contribution in [3.05, 3.63) is 18.6 Å². The Balaban J connectivity index is 1.98. The molecule has 1 aromatic heterocycles. The fourth-order valence-corrected chi connectivity index (χ4v) is 2.17. The van der Waals surface area contributed by atoms with E-state index in [9.17, 15) is 0 Å². The fourth-order valence-electron chi connectivity index (χ4n) is 2.17. The normalized spacial score (nSPS) is 20.7. The van der Waals surface area contributed by atoms with Gasteiger partial charge in [-0.3, -0.25) is 0 Å². The molecule has 0 amide bonds. The predicted molar refractivity (Wildman–Crippen MR) is 65.5 cm³/mol. The molecule has 1 aliphatic heterocycles. The summed E-state index contributed by atoms with van der Waals surface area (Å²) in [4.78, 5) is 10.7. The largest absolute Gasteiger partial charge is 0.352 e. The summed E-state index contributed by atoms with van der Waals surface area (Å²) in [5.41, 5.74) is 0. The highest BCUT2D eigenvalue weighted by Crippen LogP contribution is 2.22. The van der Waals surface area contributed by atoms with Crippen molar-refractivity contribution in [3.8, 4) is 0 Å². The lowest BCUT2D eigenvalue weighted by atomic mass is 10.2.